The summed E-state index contributed by atoms with van der Waals surface area (Å²) in [5.74, 6) is 0.0726. The van der Waals surface area contributed by atoms with Crippen molar-refractivity contribution in [1.82, 2.24) is 15.2 Å². The Balaban J connectivity index is 1.61. The average Bonchev–Trinajstić information content (AvgIpc) is 2.84. The number of hydrogen-bond donors (Lipinski definition) is 2. The minimum atomic E-state index is -0.138. The summed E-state index contributed by atoms with van der Waals surface area (Å²) in [6.07, 6.45) is 0.758. The molecule has 1 atom stereocenters. The van der Waals surface area contributed by atoms with Gasteiger partial charge in [-0.2, -0.15) is 0 Å². The van der Waals surface area contributed by atoms with Crippen molar-refractivity contribution in [3.8, 4) is 0 Å². The molecule has 4 nitrogen and oxygen atoms in total. The number of nitrogens with zero attached hydrogens (tertiary/aromatic N) is 1. The number of benzene rings is 1. The highest BCUT2D eigenvalue weighted by Crippen LogP contribution is 2.16. The highest BCUT2D eigenvalue weighted by molar-refractivity contribution is 5.82. The third-order valence-electron chi connectivity index (χ3n) is 4.32. The van der Waals surface area contributed by atoms with Gasteiger partial charge in [-0.25, -0.2) is 0 Å². The average molecular weight is 283 g/mol. The molecule has 1 aromatic heterocycles. The largest absolute Gasteiger partial charge is 0.350 e. The number of carbonyl (C=O) groups is 1. The van der Waals surface area contributed by atoms with Crippen LogP contribution >= 0.6 is 0 Å². The standard InChI is InChI=1S/C17H21N3O/c1-12-7-8-15(20(12)2)11-19-17(21)16-9-13-5-3-4-6-14(13)10-18-16/h3-8,16,18H,9-11H2,1-2H3,(H,19,21)/t16-/m1/s1. The van der Waals surface area contributed by atoms with Crippen LogP contribution in [0.3, 0.4) is 0 Å². The summed E-state index contributed by atoms with van der Waals surface area (Å²) in [6, 6.07) is 12.3. The van der Waals surface area contributed by atoms with Crippen LogP contribution in [0, 0.1) is 6.92 Å². The molecule has 0 fully saturated rings. The first kappa shape index (κ1) is 13.9. The summed E-state index contributed by atoms with van der Waals surface area (Å²) >= 11 is 0. The number of rotatable bonds is 3. The first-order valence-electron chi connectivity index (χ1n) is 7.34. The Hall–Kier alpha value is -2.07. The van der Waals surface area contributed by atoms with E-state index in [4.69, 9.17) is 0 Å². The molecule has 0 radical (unpaired) electrons. The molecule has 1 aliphatic rings. The second-order valence-electron chi connectivity index (χ2n) is 5.65. The lowest BCUT2D eigenvalue weighted by Gasteiger charge is -2.25. The van der Waals surface area contributed by atoms with E-state index in [1.165, 1.54) is 16.8 Å². The molecule has 0 unspecified atom stereocenters. The molecule has 4 heteroatoms. The van der Waals surface area contributed by atoms with Crippen LogP contribution in [0.1, 0.15) is 22.5 Å². The van der Waals surface area contributed by atoms with E-state index in [2.05, 4.69) is 46.4 Å². The molecule has 1 amide bonds. The van der Waals surface area contributed by atoms with E-state index in [1.54, 1.807) is 0 Å². The van der Waals surface area contributed by atoms with Gasteiger partial charge in [0.1, 0.15) is 0 Å². The molecule has 0 saturated heterocycles. The Morgan fingerprint density at radius 1 is 1.29 bits per heavy atom. The maximum atomic E-state index is 12.3. The second-order valence-corrected chi connectivity index (χ2v) is 5.65. The minimum Gasteiger partial charge on any atom is -0.350 e. The van der Waals surface area contributed by atoms with Crippen LogP contribution in [0.5, 0.6) is 0 Å². The molecule has 0 saturated carbocycles. The molecule has 0 aliphatic carbocycles. The van der Waals surface area contributed by atoms with Crippen LogP contribution in [-0.4, -0.2) is 16.5 Å². The SMILES string of the molecule is Cc1ccc(CNC(=O)[C@H]2Cc3ccccc3CN2)n1C. The molecule has 3 rings (SSSR count). The fourth-order valence-electron chi connectivity index (χ4n) is 2.79. The lowest BCUT2D eigenvalue weighted by Crippen LogP contribution is -2.47. The van der Waals surface area contributed by atoms with Gasteiger partial charge in [0, 0.05) is 25.0 Å². The van der Waals surface area contributed by atoms with Crippen LogP contribution in [0.2, 0.25) is 0 Å². The molecular formula is C17H21N3O. The van der Waals surface area contributed by atoms with E-state index in [-0.39, 0.29) is 11.9 Å². The van der Waals surface area contributed by atoms with Crippen LogP contribution in [-0.2, 0) is 31.4 Å². The lowest BCUT2D eigenvalue weighted by atomic mass is 9.95. The van der Waals surface area contributed by atoms with E-state index >= 15 is 0 Å². The summed E-state index contributed by atoms with van der Waals surface area (Å²) < 4.78 is 2.10. The number of hydrogen-bond acceptors (Lipinski definition) is 2. The van der Waals surface area contributed by atoms with Crippen LogP contribution in [0.25, 0.3) is 0 Å². The van der Waals surface area contributed by atoms with Gasteiger partial charge < -0.3 is 15.2 Å². The first-order chi connectivity index (χ1) is 10.1. The van der Waals surface area contributed by atoms with Crippen molar-refractivity contribution in [2.24, 2.45) is 7.05 Å². The Kier molecular flexibility index (Phi) is 3.80. The molecule has 1 aromatic carbocycles. The van der Waals surface area contributed by atoms with Crippen molar-refractivity contribution in [3.05, 3.63) is 58.9 Å². The van der Waals surface area contributed by atoms with Crippen molar-refractivity contribution < 1.29 is 4.79 Å². The smallest absolute Gasteiger partial charge is 0.237 e. The van der Waals surface area contributed by atoms with Gasteiger partial charge in [0.15, 0.2) is 0 Å². The topological polar surface area (TPSA) is 46.1 Å². The van der Waals surface area contributed by atoms with E-state index in [1.807, 2.05) is 19.2 Å². The molecular weight excluding hydrogens is 262 g/mol. The van der Waals surface area contributed by atoms with Gasteiger partial charge in [-0.05, 0) is 36.6 Å². The summed E-state index contributed by atoms with van der Waals surface area (Å²) in [5, 5.41) is 6.34. The van der Waals surface area contributed by atoms with E-state index in [0.29, 0.717) is 6.54 Å². The number of amides is 1. The van der Waals surface area contributed by atoms with Gasteiger partial charge in [-0.15, -0.1) is 0 Å². The highest BCUT2D eigenvalue weighted by atomic mass is 16.2. The molecule has 0 bridgehead atoms. The van der Waals surface area contributed by atoms with Crippen molar-refractivity contribution in [1.29, 1.82) is 0 Å². The maximum Gasteiger partial charge on any atom is 0.237 e. The van der Waals surface area contributed by atoms with Gasteiger partial charge in [-0.3, -0.25) is 4.79 Å². The van der Waals surface area contributed by atoms with Crippen LogP contribution in [0.4, 0.5) is 0 Å². The van der Waals surface area contributed by atoms with Gasteiger partial charge >= 0.3 is 0 Å². The van der Waals surface area contributed by atoms with Crippen LogP contribution in [0.15, 0.2) is 36.4 Å². The molecule has 2 N–H and O–H groups in total. The number of fused-ring (bicyclic) bond motifs is 1. The molecule has 110 valence electrons. The predicted octanol–water partition coefficient (Wildman–Crippen LogP) is 1.66. The normalized spacial score (nSPS) is 17.3. The molecule has 2 aromatic rings. The highest BCUT2D eigenvalue weighted by Gasteiger charge is 2.23. The Bertz CT molecular complexity index is 660. The molecule has 0 spiro atoms. The molecule has 2 heterocycles. The van der Waals surface area contributed by atoms with Gasteiger partial charge in [-0.1, -0.05) is 24.3 Å². The van der Waals surface area contributed by atoms with E-state index in [0.717, 1.165) is 18.7 Å². The van der Waals surface area contributed by atoms with Crippen molar-refractivity contribution in [2.45, 2.75) is 32.5 Å². The Morgan fingerprint density at radius 3 is 2.76 bits per heavy atom. The zero-order valence-electron chi connectivity index (χ0n) is 12.5. The molecule has 1 aliphatic heterocycles. The lowest BCUT2D eigenvalue weighted by molar-refractivity contribution is -0.123. The fourth-order valence-corrected chi connectivity index (χ4v) is 2.79. The van der Waals surface area contributed by atoms with Gasteiger partial charge in [0.2, 0.25) is 5.91 Å². The van der Waals surface area contributed by atoms with E-state index in [9.17, 15) is 4.79 Å². The van der Waals surface area contributed by atoms with Crippen molar-refractivity contribution >= 4 is 5.91 Å². The minimum absolute atomic E-state index is 0.0726. The monoisotopic (exact) mass is 283 g/mol. The Labute approximate surface area is 125 Å². The maximum absolute atomic E-state index is 12.3. The number of nitrogens with one attached hydrogen (secondary N) is 2. The van der Waals surface area contributed by atoms with Crippen LogP contribution < -0.4 is 10.6 Å². The quantitative estimate of drug-likeness (QED) is 0.900. The summed E-state index contributed by atoms with van der Waals surface area (Å²) in [4.78, 5) is 12.3. The van der Waals surface area contributed by atoms with Gasteiger partial charge in [0.05, 0.1) is 12.6 Å². The zero-order chi connectivity index (χ0) is 14.8. The second kappa shape index (κ2) is 5.74. The number of aromatic nitrogens is 1. The third-order valence-corrected chi connectivity index (χ3v) is 4.32. The van der Waals surface area contributed by atoms with Crippen molar-refractivity contribution in [2.75, 3.05) is 0 Å². The Morgan fingerprint density at radius 2 is 2.05 bits per heavy atom. The van der Waals surface area contributed by atoms with Gasteiger partial charge in [0.25, 0.3) is 0 Å². The first-order valence-corrected chi connectivity index (χ1v) is 7.34. The fraction of sp³-hybridized carbons (Fsp3) is 0.353. The predicted molar refractivity (Wildman–Crippen MR) is 82.8 cm³/mol. The van der Waals surface area contributed by atoms with E-state index < -0.39 is 0 Å². The summed E-state index contributed by atoms with van der Waals surface area (Å²) in [7, 11) is 2.02. The zero-order valence-corrected chi connectivity index (χ0v) is 12.5. The summed E-state index contributed by atoms with van der Waals surface area (Å²) in [5.41, 5.74) is 4.88. The number of carbonyl (C=O) groups excluding carboxylic acids is 1. The van der Waals surface area contributed by atoms with Crippen molar-refractivity contribution in [3.63, 3.8) is 0 Å². The number of aryl methyl sites for hydroxylation is 1. The third kappa shape index (κ3) is 2.85. The summed E-state index contributed by atoms with van der Waals surface area (Å²) in [6.45, 7) is 3.39. The molecule has 21 heavy (non-hydrogen) atoms.